The Labute approximate surface area is 192 Å². The standard InChI is InChI=1S/C23H31ClO8/c1-13(10-21(27)28)9-18(26)23-20-11-17(31-23)8-7-16(24)6-4-5-14(2)19(30-15(3)25)12-22(29)32-20/h5-6,9,17-20,23,26H,4,7-8,10-12H2,1-3H3,(H,27,28)/b13-9+,14-5-,16-6-/t17-,18+,19-,20-,23-/m0/s1. The number of carboxylic acid groups (broad SMARTS) is 1. The Balaban J connectivity index is 2.25. The van der Waals surface area contributed by atoms with E-state index in [-0.39, 0.29) is 18.9 Å². The summed E-state index contributed by atoms with van der Waals surface area (Å²) in [5, 5.41) is 20.3. The third kappa shape index (κ3) is 8.41. The average Bonchev–Trinajstić information content (AvgIpc) is 3.06. The van der Waals surface area contributed by atoms with Gasteiger partial charge < -0.3 is 24.4 Å². The molecule has 2 N–H and O–H groups in total. The molecule has 0 amide bonds. The number of hydrogen-bond acceptors (Lipinski definition) is 7. The molecular weight excluding hydrogens is 440 g/mol. The first kappa shape index (κ1) is 26.1. The minimum atomic E-state index is -1.15. The molecule has 178 valence electrons. The number of hydrogen-bond donors (Lipinski definition) is 2. The number of carboxylic acids is 1. The van der Waals surface area contributed by atoms with E-state index in [1.165, 1.54) is 13.0 Å². The first-order valence-corrected chi connectivity index (χ1v) is 11.0. The second-order valence-corrected chi connectivity index (χ2v) is 8.72. The molecule has 0 saturated carbocycles. The van der Waals surface area contributed by atoms with E-state index in [0.717, 1.165) is 0 Å². The molecule has 0 aromatic carbocycles. The van der Waals surface area contributed by atoms with Crippen molar-refractivity contribution in [1.82, 2.24) is 0 Å². The maximum atomic E-state index is 12.7. The van der Waals surface area contributed by atoms with Gasteiger partial charge >= 0.3 is 17.9 Å². The summed E-state index contributed by atoms with van der Waals surface area (Å²) in [7, 11) is 0. The number of carbonyl (C=O) groups is 3. The number of carbonyl (C=O) groups excluding carboxylic acids is 2. The SMILES string of the molecule is CC(=O)O[C@H]1CC(=O)O[C@H]2C[C@H](CC/C(Cl)=C/C/C=C\1C)O[C@H]2[C@H](O)/C=C(\C)CC(=O)O. The average molecular weight is 471 g/mol. The third-order valence-electron chi connectivity index (χ3n) is 5.37. The fourth-order valence-electron chi connectivity index (χ4n) is 3.81. The molecule has 5 atom stereocenters. The Morgan fingerprint density at radius 3 is 2.72 bits per heavy atom. The van der Waals surface area contributed by atoms with Crippen molar-refractivity contribution in [1.29, 1.82) is 0 Å². The van der Waals surface area contributed by atoms with Gasteiger partial charge in [0.25, 0.3) is 0 Å². The lowest BCUT2D eigenvalue weighted by Crippen LogP contribution is -2.37. The van der Waals surface area contributed by atoms with Crippen molar-refractivity contribution < 1.29 is 38.8 Å². The van der Waals surface area contributed by atoms with Crippen molar-refractivity contribution in [2.75, 3.05) is 0 Å². The number of halogens is 1. The van der Waals surface area contributed by atoms with E-state index in [1.54, 1.807) is 13.8 Å². The van der Waals surface area contributed by atoms with Gasteiger partial charge in [-0.1, -0.05) is 35.4 Å². The van der Waals surface area contributed by atoms with Gasteiger partial charge in [0.1, 0.15) is 24.4 Å². The number of allylic oxidation sites excluding steroid dienone is 3. The quantitative estimate of drug-likeness (QED) is 0.463. The zero-order valence-corrected chi connectivity index (χ0v) is 19.3. The highest BCUT2D eigenvalue weighted by atomic mass is 35.5. The molecule has 1 saturated heterocycles. The van der Waals surface area contributed by atoms with Crippen molar-refractivity contribution in [3.8, 4) is 0 Å². The van der Waals surface area contributed by atoms with Crippen LogP contribution < -0.4 is 0 Å². The first-order chi connectivity index (χ1) is 15.0. The smallest absolute Gasteiger partial charge is 0.310 e. The highest BCUT2D eigenvalue weighted by Crippen LogP contribution is 2.31. The molecule has 2 heterocycles. The maximum Gasteiger partial charge on any atom is 0.310 e. The number of aliphatic hydroxyl groups excluding tert-OH is 1. The van der Waals surface area contributed by atoms with Crippen molar-refractivity contribution in [2.45, 2.75) is 89.8 Å². The lowest BCUT2D eigenvalue weighted by Gasteiger charge is -2.24. The predicted molar refractivity (Wildman–Crippen MR) is 117 cm³/mol. The third-order valence-corrected chi connectivity index (χ3v) is 5.71. The zero-order valence-electron chi connectivity index (χ0n) is 18.6. The van der Waals surface area contributed by atoms with Gasteiger partial charge in [0.15, 0.2) is 0 Å². The zero-order chi connectivity index (χ0) is 23.8. The van der Waals surface area contributed by atoms with Crippen LogP contribution in [0, 0.1) is 0 Å². The molecule has 2 rings (SSSR count). The van der Waals surface area contributed by atoms with Gasteiger partial charge in [0, 0.05) is 18.4 Å². The number of aliphatic hydroxyl groups is 1. The van der Waals surface area contributed by atoms with Gasteiger partial charge in [-0.2, -0.15) is 0 Å². The summed E-state index contributed by atoms with van der Waals surface area (Å²) in [6.45, 7) is 4.64. The van der Waals surface area contributed by atoms with Gasteiger partial charge in [-0.15, -0.1) is 0 Å². The molecule has 2 aliphatic heterocycles. The molecule has 1 fully saturated rings. The lowest BCUT2D eigenvalue weighted by atomic mass is 10.0. The molecule has 0 spiro atoms. The van der Waals surface area contributed by atoms with Gasteiger partial charge in [-0.3, -0.25) is 14.4 Å². The van der Waals surface area contributed by atoms with Crippen LogP contribution in [0.4, 0.5) is 0 Å². The largest absolute Gasteiger partial charge is 0.481 e. The molecule has 2 aliphatic rings. The summed E-state index contributed by atoms with van der Waals surface area (Å²) >= 11 is 6.32. The molecule has 0 aliphatic carbocycles. The van der Waals surface area contributed by atoms with E-state index in [4.69, 9.17) is 30.9 Å². The number of esters is 2. The van der Waals surface area contributed by atoms with Gasteiger partial charge in [-0.25, -0.2) is 0 Å². The lowest BCUT2D eigenvalue weighted by molar-refractivity contribution is -0.159. The van der Waals surface area contributed by atoms with E-state index in [9.17, 15) is 19.5 Å². The minimum Gasteiger partial charge on any atom is -0.481 e. The highest BCUT2D eigenvalue weighted by molar-refractivity contribution is 6.29. The van der Waals surface area contributed by atoms with Crippen LogP contribution in [0.25, 0.3) is 0 Å². The van der Waals surface area contributed by atoms with E-state index >= 15 is 0 Å². The Morgan fingerprint density at radius 2 is 2.06 bits per heavy atom. The van der Waals surface area contributed by atoms with Crippen LogP contribution in [-0.4, -0.2) is 58.6 Å². The minimum absolute atomic E-state index is 0.169. The number of aliphatic carboxylic acids is 1. The second kappa shape index (κ2) is 12.2. The Kier molecular flexibility index (Phi) is 9.93. The normalized spacial score (nSPS) is 31.9. The van der Waals surface area contributed by atoms with Crippen LogP contribution in [-0.2, 0) is 28.6 Å². The topological polar surface area (TPSA) is 119 Å². The van der Waals surface area contributed by atoms with Crippen LogP contribution in [0.3, 0.4) is 0 Å². The molecule has 0 aromatic rings. The Bertz CT molecular complexity index is 800. The molecular formula is C23H31ClO8. The number of rotatable bonds is 5. The highest BCUT2D eigenvalue weighted by Gasteiger charge is 2.41. The molecule has 0 radical (unpaired) electrons. The monoisotopic (exact) mass is 470 g/mol. The van der Waals surface area contributed by atoms with E-state index < -0.39 is 42.3 Å². The van der Waals surface area contributed by atoms with E-state index in [0.29, 0.717) is 41.9 Å². The fraction of sp³-hybridized carbons (Fsp3) is 0.609. The van der Waals surface area contributed by atoms with Crippen LogP contribution in [0.5, 0.6) is 0 Å². The molecule has 9 heteroatoms. The number of fused-ring (bicyclic) bond motifs is 2. The van der Waals surface area contributed by atoms with Crippen LogP contribution >= 0.6 is 11.6 Å². The van der Waals surface area contributed by atoms with Crippen molar-refractivity contribution in [3.63, 3.8) is 0 Å². The molecule has 8 nitrogen and oxygen atoms in total. The van der Waals surface area contributed by atoms with E-state index in [2.05, 4.69) is 0 Å². The molecule has 0 aromatic heterocycles. The van der Waals surface area contributed by atoms with Crippen LogP contribution in [0.1, 0.15) is 59.3 Å². The first-order valence-electron chi connectivity index (χ1n) is 10.7. The molecule has 0 unspecified atom stereocenters. The summed E-state index contributed by atoms with van der Waals surface area (Å²) in [6, 6.07) is 0. The van der Waals surface area contributed by atoms with Gasteiger partial charge in [-0.05, 0) is 38.7 Å². The summed E-state index contributed by atoms with van der Waals surface area (Å²) in [5.74, 6) is -2.10. The van der Waals surface area contributed by atoms with Crippen molar-refractivity contribution in [3.05, 3.63) is 34.4 Å². The van der Waals surface area contributed by atoms with Crippen molar-refractivity contribution in [2.24, 2.45) is 0 Å². The van der Waals surface area contributed by atoms with Crippen LogP contribution in [0.15, 0.2) is 34.4 Å². The molecule has 2 bridgehead atoms. The Hall–Kier alpha value is -2.16. The maximum absolute atomic E-state index is 12.7. The van der Waals surface area contributed by atoms with Crippen LogP contribution in [0.2, 0.25) is 0 Å². The Morgan fingerprint density at radius 1 is 1.34 bits per heavy atom. The van der Waals surface area contributed by atoms with Gasteiger partial charge in [0.05, 0.1) is 18.9 Å². The summed E-state index contributed by atoms with van der Waals surface area (Å²) < 4.78 is 16.9. The summed E-state index contributed by atoms with van der Waals surface area (Å²) in [4.78, 5) is 35.1. The van der Waals surface area contributed by atoms with Crippen molar-refractivity contribution >= 4 is 29.5 Å². The fourth-order valence-corrected chi connectivity index (χ4v) is 4.01. The second-order valence-electron chi connectivity index (χ2n) is 8.24. The molecule has 32 heavy (non-hydrogen) atoms. The number of ether oxygens (including phenoxy) is 3. The summed E-state index contributed by atoms with van der Waals surface area (Å²) in [5.41, 5.74) is 1.17. The predicted octanol–water partition coefficient (Wildman–Crippen LogP) is 3.41. The van der Waals surface area contributed by atoms with Gasteiger partial charge in [0.2, 0.25) is 0 Å². The summed E-state index contributed by atoms with van der Waals surface area (Å²) in [6.07, 6.45) is 3.01. The van der Waals surface area contributed by atoms with E-state index in [1.807, 2.05) is 12.2 Å².